The zero-order valence-corrected chi connectivity index (χ0v) is 11.5. The average molecular weight is 272 g/mol. The Balaban J connectivity index is 2.17. The van der Waals surface area contributed by atoms with Crippen molar-refractivity contribution in [1.82, 2.24) is 0 Å². The van der Waals surface area contributed by atoms with Gasteiger partial charge in [0, 0.05) is 11.3 Å². The number of hydrogen-bond donors (Lipinski definition) is 0. The van der Waals surface area contributed by atoms with Gasteiger partial charge in [-0.25, -0.2) is 0 Å². The summed E-state index contributed by atoms with van der Waals surface area (Å²) in [6.45, 7) is 2.03. The number of Topliss-reactive ketones (excluding diaryl/α,β-unsaturated/α-hetero) is 1. The normalized spacial score (nSPS) is 21.2. The average Bonchev–Trinajstić information content (AvgIpc) is 2.96. The summed E-state index contributed by atoms with van der Waals surface area (Å²) in [6, 6.07) is 7.44. The minimum absolute atomic E-state index is 0.171. The molecule has 0 saturated carbocycles. The van der Waals surface area contributed by atoms with Crippen molar-refractivity contribution in [2.75, 3.05) is 7.11 Å². The SMILES string of the molecule is CCC[C@H]1c2oc3ccccc3c2C(=O)[C@@H]1C(=O)OC. The topological polar surface area (TPSA) is 56.5 Å². The van der Waals surface area contributed by atoms with Crippen LogP contribution in [0.2, 0.25) is 0 Å². The minimum atomic E-state index is -0.752. The van der Waals surface area contributed by atoms with Gasteiger partial charge in [-0.15, -0.1) is 0 Å². The summed E-state index contributed by atoms with van der Waals surface area (Å²) in [4.78, 5) is 24.5. The molecular formula is C16H16O4. The Labute approximate surface area is 116 Å². The fourth-order valence-electron chi connectivity index (χ4n) is 3.08. The molecule has 0 unspecified atom stereocenters. The Kier molecular flexibility index (Phi) is 3.08. The van der Waals surface area contributed by atoms with E-state index < -0.39 is 11.9 Å². The fraction of sp³-hybridized carbons (Fsp3) is 0.375. The van der Waals surface area contributed by atoms with Gasteiger partial charge in [0.2, 0.25) is 0 Å². The molecule has 2 atom stereocenters. The van der Waals surface area contributed by atoms with E-state index in [-0.39, 0.29) is 11.7 Å². The molecule has 2 aromatic rings. The largest absolute Gasteiger partial charge is 0.468 e. The number of fused-ring (bicyclic) bond motifs is 3. The van der Waals surface area contributed by atoms with E-state index in [0.29, 0.717) is 16.9 Å². The second kappa shape index (κ2) is 4.78. The maximum atomic E-state index is 12.6. The Hall–Kier alpha value is -2.10. The Morgan fingerprint density at radius 3 is 2.80 bits per heavy atom. The molecule has 4 nitrogen and oxygen atoms in total. The number of rotatable bonds is 3. The lowest BCUT2D eigenvalue weighted by Crippen LogP contribution is -2.25. The molecule has 4 heteroatoms. The predicted molar refractivity (Wildman–Crippen MR) is 73.7 cm³/mol. The first-order valence-corrected chi connectivity index (χ1v) is 6.82. The third-order valence-corrected chi connectivity index (χ3v) is 3.95. The summed E-state index contributed by atoms with van der Waals surface area (Å²) in [5.41, 5.74) is 1.27. The number of carbonyl (C=O) groups excluding carboxylic acids is 2. The van der Waals surface area contributed by atoms with Crippen molar-refractivity contribution in [2.45, 2.75) is 25.7 Å². The van der Waals surface area contributed by atoms with Crippen LogP contribution in [0.5, 0.6) is 0 Å². The van der Waals surface area contributed by atoms with Gasteiger partial charge >= 0.3 is 5.97 Å². The van der Waals surface area contributed by atoms with Crippen LogP contribution in [-0.2, 0) is 9.53 Å². The van der Waals surface area contributed by atoms with Gasteiger partial charge in [-0.1, -0.05) is 31.5 Å². The molecule has 104 valence electrons. The number of ketones is 1. The van der Waals surface area contributed by atoms with Crippen LogP contribution >= 0.6 is 0 Å². The highest BCUT2D eigenvalue weighted by molar-refractivity contribution is 6.18. The van der Waals surface area contributed by atoms with Gasteiger partial charge in [0.05, 0.1) is 12.7 Å². The fourth-order valence-corrected chi connectivity index (χ4v) is 3.08. The second-order valence-corrected chi connectivity index (χ2v) is 5.10. The van der Waals surface area contributed by atoms with Gasteiger partial charge in [-0.2, -0.15) is 0 Å². The standard InChI is InChI=1S/C16H16O4/c1-3-6-10-13(16(18)19-2)14(17)12-9-7-4-5-8-11(9)20-15(10)12/h4-5,7-8,10,13H,3,6H2,1-2H3/t10-,13-/m1/s1. The molecule has 0 radical (unpaired) electrons. The smallest absolute Gasteiger partial charge is 0.317 e. The van der Waals surface area contributed by atoms with Gasteiger partial charge in [0.25, 0.3) is 0 Å². The summed E-state index contributed by atoms with van der Waals surface area (Å²) >= 11 is 0. The summed E-state index contributed by atoms with van der Waals surface area (Å²) in [6.07, 6.45) is 1.61. The van der Waals surface area contributed by atoms with Crippen LogP contribution < -0.4 is 0 Å². The van der Waals surface area contributed by atoms with E-state index in [1.807, 2.05) is 31.2 Å². The number of para-hydroxylation sites is 1. The van der Waals surface area contributed by atoms with Crippen LogP contribution in [0.4, 0.5) is 0 Å². The molecule has 0 fully saturated rings. The number of esters is 1. The van der Waals surface area contributed by atoms with Gasteiger partial charge in [0.15, 0.2) is 5.78 Å². The van der Waals surface area contributed by atoms with Crippen molar-refractivity contribution < 1.29 is 18.7 Å². The van der Waals surface area contributed by atoms with Gasteiger partial charge in [-0.3, -0.25) is 9.59 Å². The molecule has 1 heterocycles. The first-order chi connectivity index (χ1) is 9.69. The lowest BCUT2D eigenvalue weighted by molar-refractivity contribution is -0.144. The molecule has 1 aromatic carbocycles. The Bertz CT molecular complexity index is 683. The first-order valence-electron chi connectivity index (χ1n) is 6.82. The minimum Gasteiger partial charge on any atom is -0.468 e. The van der Waals surface area contributed by atoms with Crippen LogP contribution in [0.25, 0.3) is 11.0 Å². The maximum Gasteiger partial charge on any atom is 0.317 e. The second-order valence-electron chi connectivity index (χ2n) is 5.10. The van der Waals surface area contributed by atoms with E-state index in [1.54, 1.807) is 0 Å². The number of furan rings is 1. The third-order valence-electron chi connectivity index (χ3n) is 3.95. The zero-order chi connectivity index (χ0) is 14.3. The number of benzene rings is 1. The van der Waals surface area contributed by atoms with E-state index in [9.17, 15) is 9.59 Å². The maximum absolute atomic E-state index is 12.6. The molecule has 1 aliphatic carbocycles. The monoisotopic (exact) mass is 272 g/mol. The molecule has 0 aliphatic heterocycles. The van der Waals surface area contributed by atoms with Gasteiger partial charge in [-0.05, 0) is 12.5 Å². The van der Waals surface area contributed by atoms with Crippen molar-refractivity contribution in [3.63, 3.8) is 0 Å². The van der Waals surface area contributed by atoms with E-state index in [2.05, 4.69) is 0 Å². The van der Waals surface area contributed by atoms with E-state index in [1.165, 1.54) is 7.11 Å². The number of methoxy groups -OCH3 is 1. The van der Waals surface area contributed by atoms with Crippen molar-refractivity contribution in [3.05, 3.63) is 35.6 Å². The number of hydrogen-bond acceptors (Lipinski definition) is 4. The highest BCUT2D eigenvalue weighted by Crippen LogP contribution is 2.45. The van der Waals surface area contributed by atoms with Crippen molar-refractivity contribution in [1.29, 1.82) is 0 Å². The molecule has 0 N–H and O–H groups in total. The van der Waals surface area contributed by atoms with E-state index in [4.69, 9.17) is 9.15 Å². The molecule has 0 spiro atoms. The lowest BCUT2D eigenvalue weighted by atomic mass is 9.90. The van der Waals surface area contributed by atoms with Crippen LogP contribution in [0.15, 0.2) is 28.7 Å². The predicted octanol–water partition coefficient (Wildman–Crippen LogP) is 3.30. The van der Waals surface area contributed by atoms with Crippen molar-refractivity contribution in [2.24, 2.45) is 5.92 Å². The molecule has 1 aromatic heterocycles. The first kappa shape index (κ1) is 12.9. The number of carbonyl (C=O) groups is 2. The summed E-state index contributed by atoms with van der Waals surface area (Å²) in [5.74, 6) is -0.951. The van der Waals surface area contributed by atoms with E-state index >= 15 is 0 Å². The Morgan fingerprint density at radius 1 is 1.35 bits per heavy atom. The highest BCUT2D eigenvalue weighted by Gasteiger charge is 2.48. The quantitative estimate of drug-likeness (QED) is 0.635. The van der Waals surface area contributed by atoms with Gasteiger partial charge in [0.1, 0.15) is 17.3 Å². The third kappa shape index (κ3) is 1.68. The summed E-state index contributed by atoms with van der Waals surface area (Å²) in [5, 5.41) is 0.792. The summed E-state index contributed by atoms with van der Waals surface area (Å²) < 4.78 is 10.6. The highest BCUT2D eigenvalue weighted by atomic mass is 16.5. The van der Waals surface area contributed by atoms with Crippen molar-refractivity contribution >= 4 is 22.7 Å². The molecule has 20 heavy (non-hydrogen) atoms. The number of ether oxygens (including phenoxy) is 1. The van der Waals surface area contributed by atoms with Crippen LogP contribution in [0.3, 0.4) is 0 Å². The molecular weight excluding hydrogens is 256 g/mol. The van der Waals surface area contributed by atoms with Crippen LogP contribution in [0.1, 0.15) is 41.8 Å². The van der Waals surface area contributed by atoms with Gasteiger partial charge < -0.3 is 9.15 Å². The van der Waals surface area contributed by atoms with E-state index in [0.717, 1.165) is 18.2 Å². The van der Waals surface area contributed by atoms with Crippen LogP contribution in [-0.4, -0.2) is 18.9 Å². The molecule has 3 rings (SSSR count). The van der Waals surface area contributed by atoms with Crippen LogP contribution in [0, 0.1) is 5.92 Å². The van der Waals surface area contributed by atoms with Crippen molar-refractivity contribution in [3.8, 4) is 0 Å². The summed E-state index contributed by atoms with van der Waals surface area (Å²) in [7, 11) is 1.32. The molecule has 0 amide bonds. The molecule has 0 saturated heterocycles. The molecule has 1 aliphatic rings. The Morgan fingerprint density at radius 2 is 2.10 bits per heavy atom. The molecule has 0 bridgehead atoms. The zero-order valence-electron chi connectivity index (χ0n) is 11.5. The lowest BCUT2D eigenvalue weighted by Gasteiger charge is -2.15.